The van der Waals surface area contributed by atoms with Gasteiger partial charge in [-0.2, -0.15) is 0 Å². The first kappa shape index (κ1) is 17.8. The lowest BCUT2D eigenvalue weighted by atomic mass is 10.1. The average molecular weight is 396 g/mol. The van der Waals surface area contributed by atoms with Gasteiger partial charge in [0, 0.05) is 16.3 Å². The molecule has 2 heterocycles. The third-order valence-corrected chi connectivity index (χ3v) is 4.19. The molecule has 0 bridgehead atoms. The van der Waals surface area contributed by atoms with E-state index in [1.165, 1.54) is 13.4 Å². The van der Waals surface area contributed by atoms with Gasteiger partial charge in [-0.25, -0.2) is 0 Å². The number of ether oxygens (including phenoxy) is 1. The molecule has 0 aliphatic carbocycles. The van der Waals surface area contributed by atoms with Crippen LogP contribution in [0, 0.1) is 0 Å². The Morgan fingerprint density at radius 1 is 1.07 bits per heavy atom. The van der Waals surface area contributed by atoms with Crippen molar-refractivity contribution in [3.05, 3.63) is 71.4 Å². The number of furan rings is 1. The van der Waals surface area contributed by atoms with Crippen molar-refractivity contribution in [3.8, 4) is 28.9 Å². The number of carbonyl (C=O) groups excluding carboxylic acids is 1. The lowest BCUT2D eigenvalue weighted by Gasteiger charge is -2.10. The molecule has 0 spiro atoms. The quantitative estimate of drug-likeness (QED) is 0.516. The number of nitrogens with one attached hydrogen (secondary N) is 1. The van der Waals surface area contributed by atoms with Crippen molar-refractivity contribution in [2.24, 2.45) is 0 Å². The molecule has 1 amide bonds. The largest absolute Gasteiger partial charge is 0.496 e. The van der Waals surface area contributed by atoms with Crippen molar-refractivity contribution in [2.45, 2.75) is 0 Å². The van der Waals surface area contributed by atoms with Crippen LogP contribution in [0.2, 0.25) is 5.02 Å². The van der Waals surface area contributed by atoms with Gasteiger partial charge in [0.05, 0.1) is 18.9 Å². The monoisotopic (exact) mass is 395 g/mol. The van der Waals surface area contributed by atoms with E-state index in [0.29, 0.717) is 45.1 Å². The summed E-state index contributed by atoms with van der Waals surface area (Å²) in [5.41, 5.74) is 1.66. The molecule has 7 nitrogen and oxygen atoms in total. The Bertz CT molecular complexity index is 1100. The smallest absolute Gasteiger partial charge is 0.283 e. The molecule has 2 aromatic carbocycles. The van der Waals surface area contributed by atoms with Crippen LogP contribution in [0.1, 0.15) is 10.4 Å². The first-order chi connectivity index (χ1) is 13.6. The minimum Gasteiger partial charge on any atom is -0.496 e. The molecule has 4 rings (SSSR count). The van der Waals surface area contributed by atoms with E-state index >= 15 is 0 Å². The second-order valence-electron chi connectivity index (χ2n) is 5.77. The van der Waals surface area contributed by atoms with E-state index in [1.807, 2.05) is 0 Å². The summed E-state index contributed by atoms with van der Waals surface area (Å²) in [5.74, 6) is 1.25. The van der Waals surface area contributed by atoms with Crippen LogP contribution in [-0.4, -0.2) is 23.2 Å². The second-order valence-corrected chi connectivity index (χ2v) is 6.20. The zero-order chi connectivity index (χ0) is 19.5. The summed E-state index contributed by atoms with van der Waals surface area (Å²) in [7, 11) is 1.50. The second kappa shape index (κ2) is 7.58. The minimum atomic E-state index is -0.329. The Balaban J connectivity index is 1.51. The van der Waals surface area contributed by atoms with Crippen LogP contribution in [0.3, 0.4) is 0 Å². The maximum atomic E-state index is 12.5. The maximum absolute atomic E-state index is 12.5. The minimum absolute atomic E-state index is 0.297. The van der Waals surface area contributed by atoms with E-state index in [2.05, 4.69) is 15.5 Å². The van der Waals surface area contributed by atoms with Gasteiger partial charge in [0.1, 0.15) is 5.75 Å². The standard InChI is InChI=1S/C20H14ClN3O4/c1-26-16-9-6-13(21)11-15(16)18(25)22-14-7-4-12(5-8-14)19-23-24-20(28-19)17-3-2-10-27-17/h2-11H,1H3,(H,22,25). The topological polar surface area (TPSA) is 90.4 Å². The van der Waals surface area contributed by atoms with Crippen LogP contribution in [0.15, 0.2) is 69.7 Å². The highest BCUT2D eigenvalue weighted by Crippen LogP contribution is 2.26. The lowest BCUT2D eigenvalue weighted by Crippen LogP contribution is -2.13. The number of carbonyl (C=O) groups is 1. The molecule has 1 N–H and O–H groups in total. The fraction of sp³-hybridized carbons (Fsp3) is 0.0500. The average Bonchev–Trinajstić information content (AvgIpc) is 3.40. The van der Waals surface area contributed by atoms with Gasteiger partial charge < -0.3 is 18.9 Å². The Kier molecular flexibility index (Phi) is 4.82. The summed E-state index contributed by atoms with van der Waals surface area (Å²) < 4.78 is 16.1. The van der Waals surface area contributed by atoms with Crippen molar-refractivity contribution in [1.29, 1.82) is 0 Å². The van der Waals surface area contributed by atoms with Crippen molar-refractivity contribution < 1.29 is 18.4 Å². The maximum Gasteiger partial charge on any atom is 0.283 e. The molecular formula is C20H14ClN3O4. The third kappa shape index (κ3) is 3.60. The predicted molar refractivity (Wildman–Crippen MR) is 103 cm³/mol. The van der Waals surface area contributed by atoms with E-state index in [4.69, 9.17) is 25.2 Å². The zero-order valence-corrected chi connectivity index (χ0v) is 15.4. The summed E-state index contributed by atoms with van der Waals surface area (Å²) in [6.07, 6.45) is 1.53. The van der Waals surface area contributed by atoms with E-state index < -0.39 is 0 Å². The van der Waals surface area contributed by atoms with E-state index in [-0.39, 0.29) is 5.91 Å². The number of amides is 1. The molecular weight excluding hydrogens is 382 g/mol. The Hall–Kier alpha value is -3.58. The fourth-order valence-corrected chi connectivity index (χ4v) is 2.76. The van der Waals surface area contributed by atoms with E-state index in [0.717, 1.165) is 0 Å². The highest BCUT2D eigenvalue weighted by Gasteiger charge is 2.15. The molecule has 0 saturated heterocycles. The third-order valence-electron chi connectivity index (χ3n) is 3.95. The van der Waals surface area contributed by atoms with E-state index in [1.54, 1.807) is 54.6 Å². The SMILES string of the molecule is COc1ccc(Cl)cc1C(=O)Nc1ccc(-c2nnc(-c3ccco3)o2)cc1. The van der Waals surface area contributed by atoms with Crippen LogP contribution < -0.4 is 10.1 Å². The normalized spacial score (nSPS) is 10.6. The molecule has 0 aliphatic heterocycles. The number of halogens is 1. The molecule has 0 radical (unpaired) electrons. The van der Waals surface area contributed by atoms with Gasteiger partial charge in [0.25, 0.3) is 11.8 Å². The number of aromatic nitrogens is 2. The number of methoxy groups -OCH3 is 1. The number of anilines is 1. The number of benzene rings is 2. The highest BCUT2D eigenvalue weighted by molar-refractivity contribution is 6.31. The molecule has 0 aliphatic rings. The van der Waals surface area contributed by atoms with Crippen LogP contribution in [0.4, 0.5) is 5.69 Å². The van der Waals surface area contributed by atoms with Crippen molar-refractivity contribution in [2.75, 3.05) is 12.4 Å². The van der Waals surface area contributed by atoms with Gasteiger partial charge in [0.2, 0.25) is 5.89 Å². The van der Waals surface area contributed by atoms with Gasteiger partial charge in [-0.15, -0.1) is 10.2 Å². The zero-order valence-electron chi connectivity index (χ0n) is 14.7. The molecule has 4 aromatic rings. The molecule has 28 heavy (non-hydrogen) atoms. The molecule has 0 fully saturated rings. The summed E-state index contributed by atoms with van der Waals surface area (Å²) in [5, 5.41) is 11.2. The van der Waals surface area contributed by atoms with Crippen molar-refractivity contribution >= 4 is 23.2 Å². The first-order valence-electron chi connectivity index (χ1n) is 8.27. The number of hydrogen-bond donors (Lipinski definition) is 1. The number of rotatable bonds is 5. The van der Waals surface area contributed by atoms with Crippen LogP contribution >= 0.6 is 11.6 Å². The molecule has 2 aromatic heterocycles. The van der Waals surface area contributed by atoms with Gasteiger partial charge in [-0.05, 0) is 54.6 Å². The molecule has 8 heteroatoms. The number of hydrogen-bond acceptors (Lipinski definition) is 6. The molecule has 0 atom stereocenters. The van der Waals surface area contributed by atoms with Crippen LogP contribution in [0.5, 0.6) is 5.75 Å². The van der Waals surface area contributed by atoms with Crippen molar-refractivity contribution in [1.82, 2.24) is 10.2 Å². The molecule has 0 unspecified atom stereocenters. The Labute approximate surface area is 164 Å². The fourth-order valence-electron chi connectivity index (χ4n) is 2.59. The van der Waals surface area contributed by atoms with Crippen LogP contribution in [-0.2, 0) is 0 Å². The predicted octanol–water partition coefficient (Wildman–Crippen LogP) is 4.91. The molecule has 0 saturated carbocycles. The van der Waals surface area contributed by atoms with Gasteiger partial charge in [-0.1, -0.05) is 11.6 Å². The summed E-state index contributed by atoms with van der Waals surface area (Å²) in [4.78, 5) is 12.5. The van der Waals surface area contributed by atoms with Gasteiger partial charge in [-0.3, -0.25) is 4.79 Å². The van der Waals surface area contributed by atoms with E-state index in [9.17, 15) is 4.79 Å². The summed E-state index contributed by atoms with van der Waals surface area (Å²) in [6, 6.07) is 15.3. The first-order valence-corrected chi connectivity index (χ1v) is 8.64. The van der Waals surface area contributed by atoms with Gasteiger partial charge in [0.15, 0.2) is 5.76 Å². The molecule has 140 valence electrons. The van der Waals surface area contributed by atoms with Crippen LogP contribution in [0.25, 0.3) is 23.1 Å². The summed E-state index contributed by atoms with van der Waals surface area (Å²) in [6.45, 7) is 0. The Morgan fingerprint density at radius 3 is 2.57 bits per heavy atom. The number of nitrogens with zero attached hydrogens (tertiary/aromatic N) is 2. The summed E-state index contributed by atoms with van der Waals surface area (Å²) >= 11 is 5.98. The highest BCUT2D eigenvalue weighted by atomic mass is 35.5. The Morgan fingerprint density at radius 2 is 1.86 bits per heavy atom. The lowest BCUT2D eigenvalue weighted by molar-refractivity contribution is 0.102. The van der Waals surface area contributed by atoms with Gasteiger partial charge >= 0.3 is 0 Å². The van der Waals surface area contributed by atoms with Crippen molar-refractivity contribution in [3.63, 3.8) is 0 Å².